The molecule has 214 valence electrons. The number of rotatable bonds is 3. The summed E-state index contributed by atoms with van der Waals surface area (Å²) in [5.74, 6) is 0.657. The molecule has 4 nitrogen and oxygen atoms in total. The van der Waals surface area contributed by atoms with Crippen LogP contribution in [0.25, 0.3) is 92.1 Å². The Bertz CT molecular complexity index is 2810. The molecule has 6 aromatic carbocycles. The molecule has 46 heavy (non-hydrogen) atoms. The molecule has 5 heteroatoms. The monoisotopic (exact) mass is 604 g/mol. The average Bonchev–Trinajstić information content (AvgIpc) is 3.69. The van der Waals surface area contributed by atoms with Gasteiger partial charge in [0.2, 0.25) is 0 Å². The number of nitrogens with zero attached hydrogens (tertiary/aromatic N) is 4. The highest BCUT2D eigenvalue weighted by Crippen LogP contribution is 2.48. The normalized spacial score (nSPS) is 11.9. The number of aromatic nitrogens is 4. The Labute approximate surface area is 267 Å². The third-order valence-electron chi connectivity index (χ3n) is 9.03. The molecule has 0 atom stereocenters. The molecule has 0 aliphatic rings. The molecule has 0 bridgehead atoms. The van der Waals surface area contributed by atoms with E-state index >= 15 is 0 Å². The van der Waals surface area contributed by atoms with Crippen molar-refractivity contribution in [3.63, 3.8) is 0 Å². The number of thiophene rings is 1. The highest BCUT2D eigenvalue weighted by molar-refractivity contribution is 7.27. The standard InChI is InChI=1S/C41H24N4S/c1-2-12-25(13-3-1)37-32-20-11-23-42-41(32)44-40(43-37)26-14-10-15-27(24-26)45-33-21-8-6-18-30(33)36-38(45)29-17-5-4-16-28(29)35-31-19-7-9-22-34(31)46-39(35)36/h1-24H. The van der Waals surface area contributed by atoms with Gasteiger partial charge in [-0.25, -0.2) is 15.0 Å². The maximum atomic E-state index is 5.14. The van der Waals surface area contributed by atoms with Crippen molar-refractivity contribution in [2.75, 3.05) is 0 Å². The first-order chi connectivity index (χ1) is 22.8. The smallest absolute Gasteiger partial charge is 0.163 e. The summed E-state index contributed by atoms with van der Waals surface area (Å²) in [6.45, 7) is 0. The van der Waals surface area contributed by atoms with Gasteiger partial charge in [0, 0.05) is 64.7 Å². The largest absolute Gasteiger partial charge is 0.309 e. The molecule has 0 saturated heterocycles. The molecule has 0 spiro atoms. The van der Waals surface area contributed by atoms with E-state index < -0.39 is 0 Å². The molecule has 0 fully saturated rings. The number of fused-ring (bicyclic) bond motifs is 11. The summed E-state index contributed by atoms with van der Waals surface area (Å²) >= 11 is 1.89. The van der Waals surface area contributed by atoms with Crippen LogP contribution in [0.3, 0.4) is 0 Å². The van der Waals surface area contributed by atoms with Crippen molar-refractivity contribution in [2.45, 2.75) is 0 Å². The Hall–Kier alpha value is -5.91. The maximum absolute atomic E-state index is 5.14. The summed E-state index contributed by atoms with van der Waals surface area (Å²) in [6.07, 6.45) is 1.79. The van der Waals surface area contributed by atoms with Crippen LogP contribution in [-0.4, -0.2) is 19.5 Å². The van der Waals surface area contributed by atoms with Crippen LogP contribution < -0.4 is 0 Å². The van der Waals surface area contributed by atoms with Crippen LogP contribution in [0.2, 0.25) is 0 Å². The van der Waals surface area contributed by atoms with Crippen LogP contribution in [0.5, 0.6) is 0 Å². The maximum Gasteiger partial charge on any atom is 0.163 e. The van der Waals surface area contributed by atoms with Crippen LogP contribution in [0.4, 0.5) is 0 Å². The Kier molecular flexibility index (Phi) is 5.41. The van der Waals surface area contributed by atoms with Gasteiger partial charge in [0.25, 0.3) is 0 Å². The third kappa shape index (κ3) is 3.63. The van der Waals surface area contributed by atoms with Gasteiger partial charge in [0.05, 0.1) is 16.7 Å². The number of benzene rings is 6. The molecule has 0 saturated carbocycles. The number of pyridine rings is 1. The van der Waals surface area contributed by atoms with Crippen LogP contribution in [0, 0.1) is 0 Å². The van der Waals surface area contributed by atoms with Gasteiger partial charge in [0.15, 0.2) is 11.5 Å². The number of hydrogen-bond donors (Lipinski definition) is 0. The van der Waals surface area contributed by atoms with E-state index in [4.69, 9.17) is 9.97 Å². The predicted molar refractivity (Wildman–Crippen MR) is 193 cm³/mol. The van der Waals surface area contributed by atoms with Crippen LogP contribution in [0.1, 0.15) is 0 Å². The van der Waals surface area contributed by atoms with E-state index in [1.165, 1.54) is 52.8 Å². The van der Waals surface area contributed by atoms with Gasteiger partial charge in [-0.15, -0.1) is 11.3 Å². The molecule has 0 aliphatic heterocycles. The fourth-order valence-corrected chi connectivity index (χ4v) is 8.36. The van der Waals surface area contributed by atoms with Gasteiger partial charge in [-0.3, -0.25) is 0 Å². The first-order valence-electron chi connectivity index (χ1n) is 15.4. The lowest BCUT2D eigenvalue weighted by Gasteiger charge is -2.13. The third-order valence-corrected chi connectivity index (χ3v) is 10.2. The molecule has 0 aliphatic carbocycles. The molecular weight excluding hydrogens is 581 g/mol. The summed E-state index contributed by atoms with van der Waals surface area (Å²) in [4.78, 5) is 14.7. The SMILES string of the molecule is c1ccc(-c2nc(-c3cccc(-n4c5ccccc5c5c6sc7ccccc7c6c6ccccc6c54)c3)nc3ncccc23)cc1. The Morgan fingerprint density at radius 2 is 1.24 bits per heavy atom. The van der Waals surface area contributed by atoms with E-state index in [9.17, 15) is 0 Å². The fourth-order valence-electron chi connectivity index (χ4n) is 7.08. The summed E-state index contributed by atoms with van der Waals surface area (Å²) in [5.41, 5.74) is 7.03. The second-order valence-corrected chi connectivity index (χ2v) is 12.7. The molecular formula is C41H24N4S. The van der Waals surface area contributed by atoms with E-state index in [-0.39, 0.29) is 0 Å². The van der Waals surface area contributed by atoms with Crippen molar-refractivity contribution in [1.29, 1.82) is 0 Å². The quantitative estimate of drug-likeness (QED) is 0.201. The fraction of sp³-hybridized carbons (Fsp3) is 0. The summed E-state index contributed by atoms with van der Waals surface area (Å²) in [6, 6.07) is 49.3. The minimum Gasteiger partial charge on any atom is -0.309 e. The number of para-hydroxylation sites is 1. The van der Waals surface area contributed by atoms with Gasteiger partial charge in [0.1, 0.15) is 0 Å². The van der Waals surface area contributed by atoms with Gasteiger partial charge in [-0.1, -0.05) is 103 Å². The van der Waals surface area contributed by atoms with E-state index in [0.29, 0.717) is 11.5 Å². The van der Waals surface area contributed by atoms with E-state index in [1.54, 1.807) is 6.20 Å². The first-order valence-corrected chi connectivity index (χ1v) is 16.2. The summed E-state index contributed by atoms with van der Waals surface area (Å²) in [5, 5.41) is 8.67. The van der Waals surface area contributed by atoms with Crippen molar-refractivity contribution < 1.29 is 0 Å². The van der Waals surface area contributed by atoms with E-state index in [0.717, 1.165) is 27.9 Å². The Morgan fingerprint density at radius 1 is 0.522 bits per heavy atom. The van der Waals surface area contributed by atoms with Gasteiger partial charge in [-0.05, 0) is 41.8 Å². The zero-order valence-electron chi connectivity index (χ0n) is 24.6. The molecule has 0 N–H and O–H groups in total. The van der Waals surface area contributed by atoms with Gasteiger partial charge >= 0.3 is 0 Å². The Balaban J connectivity index is 1.29. The molecule has 0 unspecified atom stereocenters. The van der Waals surface area contributed by atoms with Crippen molar-refractivity contribution in [3.05, 3.63) is 146 Å². The lowest BCUT2D eigenvalue weighted by molar-refractivity contribution is 1.16. The molecule has 10 aromatic rings. The Morgan fingerprint density at radius 3 is 2.13 bits per heavy atom. The highest BCUT2D eigenvalue weighted by Gasteiger charge is 2.22. The molecule has 0 amide bonds. The van der Waals surface area contributed by atoms with Crippen molar-refractivity contribution in [2.24, 2.45) is 0 Å². The minimum absolute atomic E-state index is 0.657. The molecule has 4 heterocycles. The molecule has 4 aromatic heterocycles. The topological polar surface area (TPSA) is 43.6 Å². The lowest BCUT2D eigenvalue weighted by Crippen LogP contribution is -1.98. The van der Waals surface area contributed by atoms with Gasteiger partial charge < -0.3 is 4.57 Å². The first kappa shape index (κ1) is 25.4. The van der Waals surface area contributed by atoms with E-state index in [2.05, 4.69) is 119 Å². The summed E-state index contributed by atoms with van der Waals surface area (Å²) < 4.78 is 5.07. The zero-order valence-corrected chi connectivity index (χ0v) is 25.4. The van der Waals surface area contributed by atoms with Gasteiger partial charge in [-0.2, -0.15) is 0 Å². The van der Waals surface area contributed by atoms with E-state index in [1.807, 2.05) is 41.7 Å². The highest BCUT2D eigenvalue weighted by atomic mass is 32.1. The number of hydrogen-bond acceptors (Lipinski definition) is 4. The molecule has 0 radical (unpaired) electrons. The van der Waals surface area contributed by atoms with Crippen molar-refractivity contribution >= 4 is 75.1 Å². The van der Waals surface area contributed by atoms with Crippen LogP contribution in [-0.2, 0) is 0 Å². The average molecular weight is 605 g/mol. The zero-order chi connectivity index (χ0) is 30.2. The lowest BCUT2D eigenvalue weighted by atomic mass is 9.99. The van der Waals surface area contributed by atoms with Crippen LogP contribution >= 0.6 is 11.3 Å². The summed E-state index contributed by atoms with van der Waals surface area (Å²) in [7, 11) is 0. The molecule has 10 rings (SSSR count). The minimum atomic E-state index is 0.657. The van der Waals surface area contributed by atoms with Crippen LogP contribution in [0.15, 0.2) is 146 Å². The predicted octanol–water partition coefficient (Wildman–Crippen LogP) is 11.0. The second-order valence-electron chi connectivity index (χ2n) is 11.6. The van der Waals surface area contributed by atoms with Crippen molar-refractivity contribution in [3.8, 4) is 28.3 Å². The second kappa shape index (κ2) is 9.80. The van der Waals surface area contributed by atoms with Crippen molar-refractivity contribution in [1.82, 2.24) is 19.5 Å².